The average Bonchev–Trinajstić information content (AvgIpc) is 2.99. The molecule has 0 fully saturated rings. The summed E-state index contributed by atoms with van der Waals surface area (Å²) in [7, 11) is 0. The van der Waals surface area contributed by atoms with Gasteiger partial charge in [0.15, 0.2) is 0 Å². The van der Waals surface area contributed by atoms with Crippen molar-refractivity contribution < 1.29 is 4.74 Å². The Hall–Kier alpha value is -2.49. The van der Waals surface area contributed by atoms with Gasteiger partial charge in [-0.25, -0.2) is 0 Å². The summed E-state index contributed by atoms with van der Waals surface area (Å²) in [6.07, 6.45) is 1.85. The summed E-state index contributed by atoms with van der Waals surface area (Å²) in [5.74, 6) is 1.38. The maximum absolute atomic E-state index is 5.82. The average molecular weight is 279 g/mol. The maximum atomic E-state index is 5.82. The number of ether oxygens (including phenoxy) is 1. The van der Waals surface area contributed by atoms with E-state index in [0.717, 1.165) is 28.9 Å². The number of para-hydroxylation sites is 2. The van der Waals surface area contributed by atoms with E-state index in [4.69, 9.17) is 4.74 Å². The van der Waals surface area contributed by atoms with Gasteiger partial charge in [-0.05, 0) is 12.1 Å². The topological polar surface area (TPSA) is 49.9 Å². The number of nitrogens with one attached hydrogen (secondary N) is 2. The monoisotopic (exact) mass is 279 g/mol. The molecule has 21 heavy (non-hydrogen) atoms. The van der Waals surface area contributed by atoms with Crippen molar-refractivity contribution in [1.82, 2.24) is 10.2 Å². The standard InChI is InChI=1S/C17H17N3O/c1-11-10-21-15-8-3-2-6-13(15)16(11)19-14-7-4-5-12-9-18-20-17(12)14/h2-9,11,16,19H,10H2,1H3,(H,18,20). The summed E-state index contributed by atoms with van der Waals surface area (Å²) in [4.78, 5) is 0. The summed E-state index contributed by atoms with van der Waals surface area (Å²) in [5.41, 5.74) is 3.35. The van der Waals surface area contributed by atoms with E-state index in [-0.39, 0.29) is 6.04 Å². The van der Waals surface area contributed by atoms with Crippen molar-refractivity contribution in [2.45, 2.75) is 13.0 Å². The first-order chi connectivity index (χ1) is 10.3. The number of H-pyrrole nitrogens is 1. The number of nitrogens with zero attached hydrogens (tertiary/aromatic N) is 1. The van der Waals surface area contributed by atoms with Crippen LogP contribution in [0, 0.1) is 5.92 Å². The Morgan fingerprint density at radius 1 is 1.19 bits per heavy atom. The van der Waals surface area contributed by atoms with Crippen LogP contribution in [0.5, 0.6) is 5.75 Å². The molecule has 0 spiro atoms. The van der Waals surface area contributed by atoms with Crippen molar-refractivity contribution in [2.75, 3.05) is 11.9 Å². The molecule has 2 unspecified atom stereocenters. The Morgan fingerprint density at radius 2 is 2.10 bits per heavy atom. The van der Waals surface area contributed by atoms with Crippen LogP contribution in [0.4, 0.5) is 5.69 Å². The molecule has 3 aromatic rings. The van der Waals surface area contributed by atoms with E-state index in [2.05, 4.69) is 52.8 Å². The zero-order valence-electron chi connectivity index (χ0n) is 11.8. The smallest absolute Gasteiger partial charge is 0.124 e. The van der Waals surface area contributed by atoms with Crippen LogP contribution in [-0.2, 0) is 0 Å². The van der Waals surface area contributed by atoms with E-state index in [1.54, 1.807) is 0 Å². The Kier molecular flexibility index (Phi) is 2.81. The van der Waals surface area contributed by atoms with E-state index in [0.29, 0.717) is 5.92 Å². The normalized spacial score (nSPS) is 20.8. The number of hydrogen-bond acceptors (Lipinski definition) is 3. The van der Waals surface area contributed by atoms with Gasteiger partial charge in [0, 0.05) is 16.9 Å². The van der Waals surface area contributed by atoms with Crippen LogP contribution in [-0.4, -0.2) is 16.8 Å². The highest BCUT2D eigenvalue weighted by atomic mass is 16.5. The molecule has 0 saturated carbocycles. The molecule has 1 aliphatic heterocycles. The van der Waals surface area contributed by atoms with Crippen molar-refractivity contribution in [3.63, 3.8) is 0 Å². The van der Waals surface area contributed by atoms with Gasteiger partial charge in [0.2, 0.25) is 0 Å². The minimum absolute atomic E-state index is 0.240. The number of aromatic nitrogens is 2. The predicted molar refractivity (Wildman–Crippen MR) is 83.6 cm³/mol. The molecule has 4 heteroatoms. The molecule has 0 radical (unpaired) electrons. The summed E-state index contributed by atoms with van der Waals surface area (Å²) in [5, 5.41) is 12.0. The first kappa shape index (κ1) is 12.3. The lowest BCUT2D eigenvalue weighted by Crippen LogP contribution is -2.28. The summed E-state index contributed by atoms with van der Waals surface area (Å²) in [6.45, 7) is 2.94. The van der Waals surface area contributed by atoms with Crippen LogP contribution in [0.15, 0.2) is 48.7 Å². The third-order valence-electron chi connectivity index (χ3n) is 4.11. The van der Waals surface area contributed by atoms with E-state index >= 15 is 0 Å². The van der Waals surface area contributed by atoms with E-state index in [9.17, 15) is 0 Å². The lowest BCUT2D eigenvalue weighted by Gasteiger charge is -2.32. The molecule has 2 N–H and O–H groups in total. The predicted octanol–water partition coefficient (Wildman–Crippen LogP) is 3.74. The molecule has 2 atom stereocenters. The van der Waals surface area contributed by atoms with Crippen LogP contribution in [0.2, 0.25) is 0 Å². The van der Waals surface area contributed by atoms with Gasteiger partial charge in [-0.1, -0.05) is 37.3 Å². The molecule has 0 amide bonds. The summed E-state index contributed by atoms with van der Waals surface area (Å²) < 4.78 is 5.82. The van der Waals surface area contributed by atoms with E-state index < -0.39 is 0 Å². The Bertz CT molecular complexity index is 780. The number of fused-ring (bicyclic) bond motifs is 2. The Balaban J connectivity index is 1.75. The molecule has 106 valence electrons. The second kappa shape index (κ2) is 4.81. The van der Waals surface area contributed by atoms with Crippen LogP contribution in [0.25, 0.3) is 10.9 Å². The molecule has 0 saturated heterocycles. The van der Waals surface area contributed by atoms with Crippen molar-refractivity contribution in [3.8, 4) is 5.75 Å². The summed E-state index contributed by atoms with van der Waals surface area (Å²) >= 11 is 0. The van der Waals surface area contributed by atoms with E-state index in [1.165, 1.54) is 5.56 Å². The van der Waals surface area contributed by atoms with Crippen molar-refractivity contribution in [2.24, 2.45) is 5.92 Å². The largest absolute Gasteiger partial charge is 0.493 e. The van der Waals surface area contributed by atoms with Crippen LogP contribution >= 0.6 is 0 Å². The molecule has 4 rings (SSSR count). The van der Waals surface area contributed by atoms with Crippen molar-refractivity contribution >= 4 is 16.6 Å². The zero-order valence-corrected chi connectivity index (χ0v) is 11.8. The highest BCUT2D eigenvalue weighted by Crippen LogP contribution is 2.38. The molecule has 0 bridgehead atoms. The van der Waals surface area contributed by atoms with E-state index in [1.807, 2.05) is 18.3 Å². The molecule has 2 heterocycles. The Morgan fingerprint density at radius 3 is 3.05 bits per heavy atom. The number of rotatable bonds is 2. The van der Waals surface area contributed by atoms with Gasteiger partial charge in [0.1, 0.15) is 5.75 Å². The highest BCUT2D eigenvalue weighted by molar-refractivity contribution is 5.90. The minimum atomic E-state index is 0.240. The number of benzene rings is 2. The molecular weight excluding hydrogens is 262 g/mol. The second-order valence-electron chi connectivity index (χ2n) is 5.59. The fourth-order valence-electron chi connectivity index (χ4n) is 2.97. The third kappa shape index (κ3) is 2.03. The zero-order chi connectivity index (χ0) is 14.2. The highest BCUT2D eigenvalue weighted by Gasteiger charge is 2.27. The Labute approximate surface area is 123 Å². The van der Waals surface area contributed by atoms with Crippen LogP contribution < -0.4 is 10.1 Å². The third-order valence-corrected chi connectivity index (χ3v) is 4.11. The van der Waals surface area contributed by atoms with Crippen LogP contribution in [0.3, 0.4) is 0 Å². The molecule has 4 nitrogen and oxygen atoms in total. The fourth-order valence-corrected chi connectivity index (χ4v) is 2.97. The molecule has 1 aliphatic rings. The van der Waals surface area contributed by atoms with Gasteiger partial charge in [-0.15, -0.1) is 0 Å². The lowest BCUT2D eigenvalue weighted by molar-refractivity contribution is 0.214. The number of aromatic amines is 1. The summed E-state index contributed by atoms with van der Waals surface area (Å²) in [6, 6.07) is 14.7. The first-order valence-corrected chi connectivity index (χ1v) is 7.23. The second-order valence-corrected chi connectivity index (χ2v) is 5.59. The molecular formula is C17H17N3O. The molecule has 0 aliphatic carbocycles. The van der Waals surface area contributed by atoms with Gasteiger partial charge < -0.3 is 10.1 Å². The van der Waals surface area contributed by atoms with Gasteiger partial charge >= 0.3 is 0 Å². The number of hydrogen-bond donors (Lipinski definition) is 2. The lowest BCUT2D eigenvalue weighted by atomic mass is 9.91. The van der Waals surface area contributed by atoms with Crippen molar-refractivity contribution in [1.29, 1.82) is 0 Å². The van der Waals surface area contributed by atoms with Crippen molar-refractivity contribution in [3.05, 3.63) is 54.2 Å². The maximum Gasteiger partial charge on any atom is 0.124 e. The number of anilines is 1. The van der Waals surface area contributed by atoms with Gasteiger partial charge in [0.05, 0.1) is 30.0 Å². The minimum Gasteiger partial charge on any atom is -0.493 e. The van der Waals surface area contributed by atoms with Crippen LogP contribution in [0.1, 0.15) is 18.5 Å². The fraction of sp³-hybridized carbons (Fsp3) is 0.235. The molecule has 2 aromatic carbocycles. The quantitative estimate of drug-likeness (QED) is 0.751. The van der Waals surface area contributed by atoms with Gasteiger partial charge in [0.25, 0.3) is 0 Å². The van der Waals surface area contributed by atoms with Gasteiger partial charge in [-0.3, -0.25) is 5.10 Å². The van der Waals surface area contributed by atoms with Gasteiger partial charge in [-0.2, -0.15) is 5.10 Å². The first-order valence-electron chi connectivity index (χ1n) is 7.23. The SMILES string of the molecule is CC1COc2ccccc2C1Nc1cccc2cn[nH]c12. The molecule has 1 aromatic heterocycles.